The summed E-state index contributed by atoms with van der Waals surface area (Å²) in [5.41, 5.74) is 1.55. The maximum atomic E-state index is 13.2. The van der Waals surface area contributed by atoms with Crippen LogP contribution in [-0.4, -0.2) is 35.1 Å². The third-order valence-electron chi connectivity index (χ3n) is 4.01. The topological polar surface area (TPSA) is 59.0 Å². The van der Waals surface area contributed by atoms with Crippen LogP contribution in [0.1, 0.15) is 12.2 Å². The molecule has 3 rings (SSSR count). The molecule has 0 bridgehead atoms. The number of halogens is 1. The molecule has 1 aliphatic heterocycles. The van der Waals surface area contributed by atoms with E-state index in [1.165, 1.54) is 12.1 Å². The van der Waals surface area contributed by atoms with E-state index in [1.54, 1.807) is 6.07 Å². The number of aryl methyl sites for hydroxylation is 1. The van der Waals surface area contributed by atoms with Crippen LogP contribution in [0.4, 0.5) is 4.39 Å². The lowest BCUT2D eigenvalue weighted by atomic mass is 10.1. The fourth-order valence-corrected chi connectivity index (χ4v) is 2.77. The first-order chi connectivity index (χ1) is 10.1. The number of hydrogen-bond donors (Lipinski definition) is 2. The van der Waals surface area contributed by atoms with Crippen LogP contribution in [0.15, 0.2) is 18.2 Å². The molecule has 5 nitrogen and oxygen atoms in total. The van der Waals surface area contributed by atoms with E-state index in [1.807, 2.05) is 11.6 Å². The number of aromatic nitrogens is 2. The van der Waals surface area contributed by atoms with Gasteiger partial charge in [0.15, 0.2) is 0 Å². The van der Waals surface area contributed by atoms with Gasteiger partial charge in [-0.05, 0) is 25.1 Å². The average Bonchev–Trinajstić information content (AvgIpc) is 3.08. The molecule has 1 amide bonds. The Bertz CT molecular complexity index is 661. The lowest BCUT2D eigenvalue weighted by Gasteiger charge is -2.09. The number of fused-ring (bicyclic) bond motifs is 1. The number of carbonyl (C=O) groups excluding carboxylic acids is 1. The maximum absolute atomic E-state index is 13.2. The molecule has 1 atom stereocenters. The van der Waals surface area contributed by atoms with Crippen LogP contribution in [-0.2, 0) is 18.3 Å². The molecule has 0 spiro atoms. The zero-order valence-corrected chi connectivity index (χ0v) is 12.0. The molecule has 0 saturated carbocycles. The summed E-state index contributed by atoms with van der Waals surface area (Å²) in [6.45, 7) is 2.22. The van der Waals surface area contributed by atoms with E-state index in [-0.39, 0.29) is 17.6 Å². The van der Waals surface area contributed by atoms with Crippen molar-refractivity contribution in [2.75, 3.05) is 19.6 Å². The Morgan fingerprint density at radius 2 is 2.43 bits per heavy atom. The fourth-order valence-electron chi connectivity index (χ4n) is 2.77. The van der Waals surface area contributed by atoms with Crippen molar-refractivity contribution in [2.24, 2.45) is 13.0 Å². The number of nitrogens with one attached hydrogen (secondary N) is 2. The summed E-state index contributed by atoms with van der Waals surface area (Å²) in [6.07, 6.45) is 1.54. The summed E-state index contributed by atoms with van der Waals surface area (Å²) in [5, 5.41) is 6.13. The predicted molar refractivity (Wildman–Crippen MR) is 78.4 cm³/mol. The average molecular weight is 290 g/mol. The van der Waals surface area contributed by atoms with Gasteiger partial charge in [0.2, 0.25) is 5.91 Å². The summed E-state index contributed by atoms with van der Waals surface area (Å²) < 4.78 is 15.1. The van der Waals surface area contributed by atoms with E-state index in [2.05, 4.69) is 15.6 Å². The summed E-state index contributed by atoms with van der Waals surface area (Å²) in [6, 6.07) is 4.59. The summed E-state index contributed by atoms with van der Waals surface area (Å²) >= 11 is 0. The molecule has 1 aromatic carbocycles. The fraction of sp³-hybridized carbons (Fsp3) is 0.467. The minimum Gasteiger partial charge on any atom is -0.355 e. The number of imidazole rings is 1. The minimum absolute atomic E-state index is 0.0829. The highest BCUT2D eigenvalue weighted by molar-refractivity contribution is 5.79. The van der Waals surface area contributed by atoms with E-state index < -0.39 is 0 Å². The van der Waals surface area contributed by atoms with Crippen molar-refractivity contribution < 1.29 is 9.18 Å². The van der Waals surface area contributed by atoms with Crippen molar-refractivity contribution in [1.82, 2.24) is 20.2 Å². The molecule has 1 unspecified atom stereocenters. The Kier molecular flexibility index (Phi) is 3.88. The van der Waals surface area contributed by atoms with Gasteiger partial charge in [-0.2, -0.15) is 0 Å². The standard InChI is InChI=1S/C15H19FN4O/c1-20-13-3-2-11(16)8-12(13)19-14(20)5-7-18-15(21)10-4-6-17-9-10/h2-3,8,10,17H,4-7,9H2,1H3,(H,18,21). The van der Waals surface area contributed by atoms with Crippen molar-refractivity contribution in [3.63, 3.8) is 0 Å². The molecule has 1 aliphatic rings. The van der Waals surface area contributed by atoms with Gasteiger partial charge < -0.3 is 15.2 Å². The Balaban J connectivity index is 1.62. The minimum atomic E-state index is -0.283. The van der Waals surface area contributed by atoms with Gasteiger partial charge in [0.1, 0.15) is 11.6 Å². The largest absolute Gasteiger partial charge is 0.355 e. The third kappa shape index (κ3) is 2.90. The molecule has 2 heterocycles. The zero-order chi connectivity index (χ0) is 14.8. The predicted octanol–water partition coefficient (Wildman–Crippen LogP) is 0.981. The van der Waals surface area contributed by atoms with Gasteiger partial charge in [0, 0.05) is 32.6 Å². The van der Waals surface area contributed by atoms with Crippen LogP contribution < -0.4 is 10.6 Å². The van der Waals surface area contributed by atoms with Gasteiger partial charge in [-0.15, -0.1) is 0 Å². The van der Waals surface area contributed by atoms with E-state index in [9.17, 15) is 9.18 Å². The van der Waals surface area contributed by atoms with Crippen molar-refractivity contribution >= 4 is 16.9 Å². The van der Waals surface area contributed by atoms with E-state index >= 15 is 0 Å². The van der Waals surface area contributed by atoms with Gasteiger partial charge in [0.25, 0.3) is 0 Å². The highest BCUT2D eigenvalue weighted by Crippen LogP contribution is 2.16. The van der Waals surface area contributed by atoms with Gasteiger partial charge in [0.05, 0.1) is 17.0 Å². The second kappa shape index (κ2) is 5.81. The maximum Gasteiger partial charge on any atom is 0.224 e. The number of benzene rings is 1. The first-order valence-electron chi connectivity index (χ1n) is 7.24. The van der Waals surface area contributed by atoms with Crippen LogP contribution in [0.25, 0.3) is 11.0 Å². The number of carbonyl (C=O) groups is 1. The van der Waals surface area contributed by atoms with Crippen LogP contribution in [0.3, 0.4) is 0 Å². The van der Waals surface area contributed by atoms with Gasteiger partial charge in [-0.3, -0.25) is 4.79 Å². The van der Waals surface area contributed by atoms with Crippen LogP contribution in [0, 0.1) is 11.7 Å². The molecule has 1 aromatic heterocycles. The summed E-state index contributed by atoms with van der Waals surface area (Å²) in [4.78, 5) is 16.3. The lowest BCUT2D eigenvalue weighted by molar-refractivity contribution is -0.124. The van der Waals surface area contributed by atoms with Crippen molar-refractivity contribution in [1.29, 1.82) is 0 Å². The highest BCUT2D eigenvalue weighted by atomic mass is 19.1. The second-order valence-electron chi connectivity index (χ2n) is 5.45. The molecule has 0 aliphatic carbocycles. The van der Waals surface area contributed by atoms with Gasteiger partial charge in [-0.1, -0.05) is 0 Å². The number of hydrogen-bond acceptors (Lipinski definition) is 3. The number of amides is 1. The van der Waals surface area contributed by atoms with Crippen molar-refractivity contribution in [3.05, 3.63) is 29.8 Å². The first kappa shape index (κ1) is 14.0. The second-order valence-corrected chi connectivity index (χ2v) is 5.45. The highest BCUT2D eigenvalue weighted by Gasteiger charge is 2.21. The number of rotatable bonds is 4. The molecule has 2 N–H and O–H groups in total. The smallest absolute Gasteiger partial charge is 0.224 e. The van der Waals surface area contributed by atoms with Crippen molar-refractivity contribution in [2.45, 2.75) is 12.8 Å². The molecule has 1 saturated heterocycles. The normalized spacial score (nSPS) is 18.3. The van der Waals surface area contributed by atoms with Gasteiger partial charge >= 0.3 is 0 Å². The molecule has 1 fully saturated rings. The van der Waals surface area contributed by atoms with Gasteiger partial charge in [-0.25, -0.2) is 9.37 Å². The molecular weight excluding hydrogens is 271 g/mol. The van der Waals surface area contributed by atoms with Crippen LogP contribution in [0.2, 0.25) is 0 Å². The molecule has 112 valence electrons. The molecule has 21 heavy (non-hydrogen) atoms. The lowest BCUT2D eigenvalue weighted by Crippen LogP contribution is -2.33. The molecular formula is C15H19FN4O. The summed E-state index contributed by atoms with van der Waals surface area (Å²) in [5.74, 6) is 0.749. The Morgan fingerprint density at radius 1 is 1.57 bits per heavy atom. The zero-order valence-electron chi connectivity index (χ0n) is 12.0. The van der Waals surface area contributed by atoms with Crippen molar-refractivity contribution in [3.8, 4) is 0 Å². The third-order valence-corrected chi connectivity index (χ3v) is 4.01. The quantitative estimate of drug-likeness (QED) is 0.882. The van der Waals surface area contributed by atoms with Crippen LogP contribution >= 0.6 is 0 Å². The SMILES string of the molecule is Cn1c(CCNC(=O)C2CCNC2)nc2cc(F)ccc21. The van der Waals surface area contributed by atoms with E-state index in [0.717, 1.165) is 30.9 Å². The van der Waals surface area contributed by atoms with E-state index in [0.29, 0.717) is 18.5 Å². The Morgan fingerprint density at radius 3 is 3.19 bits per heavy atom. The monoisotopic (exact) mass is 290 g/mol. The molecule has 2 aromatic rings. The van der Waals surface area contributed by atoms with Crippen LogP contribution in [0.5, 0.6) is 0 Å². The summed E-state index contributed by atoms with van der Waals surface area (Å²) in [7, 11) is 1.91. The number of nitrogens with zero attached hydrogens (tertiary/aromatic N) is 2. The Hall–Kier alpha value is -1.95. The van der Waals surface area contributed by atoms with E-state index in [4.69, 9.17) is 0 Å². The molecule has 6 heteroatoms. The molecule has 0 radical (unpaired) electrons. The Labute approximate surface area is 122 Å². The first-order valence-corrected chi connectivity index (χ1v) is 7.24.